The maximum absolute atomic E-state index is 13.1. The third-order valence-electron chi connectivity index (χ3n) is 5.66. The van der Waals surface area contributed by atoms with Crippen molar-refractivity contribution in [3.8, 4) is 0 Å². The fourth-order valence-electron chi connectivity index (χ4n) is 3.64. The van der Waals surface area contributed by atoms with E-state index in [-0.39, 0.29) is 11.8 Å². The lowest BCUT2D eigenvalue weighted by molar-refractivity contribution is -0.129. The largest absolute Gasteiger partial charge is 0.350 e. The summed E-state index contributed by atoms with van der Waals surface area (Å²) in [6.07, 6.45) is 2.18. The van der Waals surface area contributed by atoms with Crippen LogP contribution in [0.3, 0.4) is 0 Å². The van der Waals surface area contributed by atoms with Crippen molar-refractivity contribution in [3.05, 3.63) is 107 Å². The number of halogens is 1. The van der Waals surface area contributed by atoms with Crippen LogP contribution in [0.15, 0.2) is 84.9 Å². The van der Waals surface area contributed by atoms with Crippen molar-refractivity contribution in [2.45, 2.75) is 44.8 Å². The van der Waals surface area contributed by atoms with Crippen LogP contribution in [0.5, 0.6) is 0 Å². The van der Waals surface area contributed by atoms with Gasteiger partial charge in [0.1, 0.15) is 6.04 Å². The Kier molecular flexibility index (Phi) is 10.1. The molecule has 34 heavy (non-hydrogen) atoms. The van der Waals surface area contributed by atoms with E-state index in [0.29, 0.717) is 24.5 Å². The van der Waals surface area contributed by atoms with E-state index in [1.807, 2.05) is 72.8 Å². The summed E-state index contributed by atoms with van der Waals surface area (Å²) >= 11 is 5.97. The molecule has 0 heterocycles. The number of carbonyl (C=O) groups excluding carboxylic acids is 2. The fourth-order valence-corrected chi connectivity index (χ4v) is 3.77. The second kappa shape index (κ2) is 13.5. The Morgan fingerprint density at radius 1 is 0.765 bits per heavy atom. The molecule has 0 aromatic heterocycles. The molecule has 6 heteroatoms. The molecule has 0 saturated heterocycles. The summed E-state index contributed by atoms with van der Waals surface area (Å²) < 4.78 is 0. The molecule has 0 unspecified atom stereocenters. The summed E-state index contributed by atoms with van der Waals surface area (Å²) in [5.41, 5.74) is 3.33. The van der Waals surface area contributed by atoms with Gasteiger partial charge in [-0.3, -0.25) is 9.59 Å². The predicted molar refractivity (Wildman–Crippen MR) is 138 cm³/mol. The molecule has 0 fully saturated rings. The van der Waals surface area contributed by atoms with Crippen molar-refractivity contribution in [2.24, 2.45) is 0 Å². The number of benzene rings is 3. The zero-order valence-corrected chi connectivity index (χ0v) is 20.2. The van der Waals surface area contributed by atoms with Crippen molar-refractivity contribution in [1.29, 1.82) is 0 Å². The van der Waals surface area contributed by atoms with Crippen molar-refractivity contribution >= 4 is 23.4 Å². The van der Waals surface area contributed by atoms with Gasteiger partial charge < -0.3 is 16.0 Å². The highest BCUT2D eigenvalue weighted by molar-refractivity contribution is 6.30. The Morgan fingerprint density at radius 3 is 2.00 bits per heavy atom. The van der Waals surface area contributed by atoms with Crippen LogP contribution in [0.2, 0.25) is 5.02 Å². The van der Waals surface area contributed by atoms with Crippen molar-refractivity contribution < 1.29 is 9.59 Å². The topological polar surface area (TPSA) is 70.2 Å². The summed E-state index contributed by atoms with van der Waals surface area (Å²) in [4.78, 5) is 25.6. The number of rotatable bonds is 12. The molecule has 0 bridgehead atoms. The monoisotopic (exact) mass is 477 g/mol. The average Bonchev–Trinajstić information content (AvgIpc) is 2.86. The Labute approximate surface area is 206 Å². The van der Waals surface area contributed by atoms with Crippen LogP contribution in [0.4, 0.5) is 0 Å². The molecule has 0 aliphatic rings. The third kappa shape index (κ3) is 8.65. The van der Waals surface area contributed by atoms with Crippen LogP contribution < -0.4 is 16.0 Å². The summed E-state index contributed by atoms with van der Waals surface area (Å²) in [5, 5.41) is 9.85. The van der Waals surface area contributed by atoms with Crippen LogP contribution in [0.1, 0.15) is 30.0 Å². The molecule has 3 aromatic rings. The van der Waals surface area contributed by atoms with Crippen molar-refractivity contribution in [3.63, 3.8) is 0 Å². The Balaban J connectivity index is 1.54. The molecule has 0 saturated carbocycles. The van der Waals surface area contributed by atoms with Gasteiger partial charge in [-0.25, -0.2) is 0 Å². The normalized spacial score (nSPS) is 12.5. The highest BCUT2D eigenvalue weighted by atomic mass is 35.5. The number of amides is 2. The fraction of sp³-hybridized carbons (Fsp3) is 0.286. The van der Waals surface area contributed by atoms with E-state index in [4.69, 9.17) is 11.6 Å². The van der Waals surface area contributed by atoms with E-state index < -0.39 is 12.1 Å². The van der Waals surface area contributed by atoms with E-state index in [1.165, 1.54) is 5.56 Å². The molecule has 3 rings (SSSR count). The zero-order chi connectivity index (χ0) is 24.2. The molecular formula is C28H32ClN3O2. The minimum atomic E-state index is -0.631. The molecule has 178 valence electrons. The zero-order valence-electron chi connectivity index (χ0n) is 19.5. The van der Waals surface area contributed by atoms with Crippen LogP contribution in [-0.2, 0) is 29.0 Å². The van der Waals surface area contributed by atoms with E-state index >= 15 is 0 Å². The van der Waals surface area contributed by atoms with Gasteiger partial charge in [0.25, 0.3) is 0 Å². The summed E-state index contributed by atoms with van der Waals surface area (Å²) in [6.45, 7) is 2.78. The van der Waals surface area contributed by atoms with E-state index in [0.717, 1.165) is 24.0 Å². The Morgan fingerprint density at radius 2 is 1.35 bits per heavy atom. The molecule has 3 N–H and O–H groups in total. The molecule has 5 nitrogen and oxygen atoms in total. The average molecular weight is 478 g/mol. The second-order valence-corrected chi connectivity index (χ2v) is 8.78. The SMILES string of the molecule is C[C@H](NC(=O)[C@@H](CCc1ccccc1)NCCc1ccc(Cl)cc1)C(=O)NCc1ccccc1. The van der Waals surface area contributed by atoms with Crippen LogP contribution in [0.25, 0.3) is 0 Å². The van der Waals surface area contributed by atoms with E-state index in [9.17, 15) is 9.59 Å². The highest BCUT2D eigenvalue weighted by Gasteiger charge is 2.22. The second-order valence-electron chi connectivity index (χ2n) is 8.34. The highest BCUT2D eigenvalue weighted by Crippen LogP contribution is 2.10. The van der Waals surface area contributed by atoms with Gasteiger partial charge in [-0.1, -0.05) is 84.4 Å². The number of carbonyl (C=O) groups is 2. The van der Waals surface area contributed by atoms with Gasteiger partial charge in [0, 0.05) is 11.6 Å². The quantitative estimate of drug-likeness (QED) is 0.364. The summed E-state index contributed by atoms with van der Waals surface area (Å²) in [6, 6.07) is 26.5. The van der Waals surface area contributed by atoms with Crippen LogP contribution >= 0.6 is 11.6 Å². The van der Waals surface area contributed by atoms with Gasteiger partial charge in [-0.15, -0.1) is 0 Å². The van der Waals surface area contributed by atoms with Crippen molar-refractivity contribution in [2.75, 3.05) is 6.54 Å². The number of aryl methyl sites for hydroxylation is 1. The smallest absolute Gasteiger partial charge is 0.242 e. The molecule has 0 spiro atoms. The first-order valence-corrected chi connectivity index (χ1v) is 12.0. The van der Waals surface area contributed by atoms with Gasteiger partial charge in [0.15, 0.2) is 0 Å². The van der Waals surface area contributed by atoms with Gasteiger partial charge in [0.05, 0.1) is 6.04 Å². The lowest BCUT2D eigenvalue weighted by Crippen LogP contribution is -2.52. The Bertz CT molecular complexity index is 1030. The number of nitrogens with one attached hydrogen (secondary N) is 3. The summed E-state index contributed by atoms with van der Waals surface area (Å²) in [7, 11) is 0. The Hall–Kier alpha value is -3.15. The lowest BCUT2D eigenvalue weighted by atomic mass is 10.0. The first kappa shape index (κ1) is 25.5. The number of hydrogen-bond donors (Lipinski definition) is 3. The number of hydrogen-bond acceptors (Lipinski definition) is 3. The van der Waals surface area contributed by atoms with Crippen LogP contribution in [-0.4, -0.2) is 30.4 Å². The molecule has 2 amide bonds. The lowest BCUT2D eigenvalue weighted by Gasteiger charge is -2.21. The first-order chi connectivity index (χ1) is 16.5. The maximum atomic E-state index is 13.1. The molecular weight excluding hydrogens is 446 g/mol. The molecule has 2 atom stereocenters. The minimum absolute atomic E-state index is 0.172. The minimum Gasteiger partial charge on any atom is -0.350 e. The van der Waals surface area contributed by atoms with Gasteiger partial charge in [0.2, 0.25) is 11.8 Å². The van der Waals surface area contributed by atoms with E-state index in [2.05, 4.69) is 28.1 Å². The molecule has 0 aliphatic heterocycles. The molecule has 0 radical (unpaired) electrons. The van der Waals surface area contributed by atoms with Gasteiger partial charge in [-0.05, 0) is 61.6 Å². The predicted octanol–water partition coefficient (Wildman–Crippen LogP) is 4.29. The maximum Gasteiger partial charge on any atom is 0.242 e. The van der Waals surface area contributed by atoms with Crippen molar-refractivity contribution in [1.82, 2.24) is 16.0 Å². The van der Waals surface area contributed by atoms with E-state index in [1.54, 1.807) is 6.92 Å². The van der Waals surface area contributed by atoms with Gasteiger partial charge in [-0.2, -0.15) is 0 Å². The standard InChI is InChI=1S/C28H32ClN3O2/c1-21(27(33)31-20-24-10-6-3-7-11-24)32-28(34)26(17-14-22-8-4-2-5-9-22)30-19-18-23-12-15-25(29)16-13-23/h2-13,15-16,21,26,30H,14,17-20H2,1H3,(H,31,33)(H,32,34)/t21-,26+/m0/s1. The molecule has 3 aromatic carbocycles. The molecule has 0 aliphatic carbocycles. The van der Waals surface area contributed by atoms with Crippen LogP contribution in [0, 0.1) is 0 Å². The first-order valence-electron chi connectivity index (χ1n) is 11.6. The third-order valence-corrected chi connectivity index (χ3v) is 5.91. The summed E-state index contributed by atoms with van der Waals surface area (Å²) in [5.74, 6) is -0.380. The van der Waals surface area contributed by atoms with Gasteiger partial charge >= 0.3 is 0 Å².